The predicted octanol–water partition coefficient (Wildman–Crippen LogP) is 2.61. The second-order valence-corrected chi connectivity index (χ2v) is 6.60. The van der Waals surface area contributed by atoms with Gasteiger partial charge in [0.2, 0.25) is 0 Å². The van der Waals surface area contributed by atoms with Crippen LogP contribution in [0.1, 0.15) is 21.5 Å². The maximum Gasteiger partial charge on any atom is 0.123 e. The summed E-state index contributed by atoms with van der Waals surface area (Å²) in [5.41, 5.74) is 1.26. The van der Waals surface area contributed by atoms with Crippen molar-refractivity contribution >= 4 is 11.3 Å². The van der Waals surface area contributed by atoms with E-state index in [-0.39, 0.29) is 0 Å². The summed E-state index contributed by atoms with van der Waals surface area (Å²) in [6.45, 7) is 6.04. The van der Waals surface area contributed by atoms with Crippen LogP contribution < -0.4 is 10.1 Å². The van der Waals surface area contributed by atoms with Crippen LogP contribution in [-0.2, 0) is 6.54 Å². The highest BCUT2D eigenvalue weighted by molar-refractivity contribution is 7.11. The minimum atomic E-state index is 0.345. The Morgan fingerprint density at radius 2 is 2.29 bits per heavy atom. The van der Waals surface area contributed by atoms with E-state index >= 15 is 0 Å². The Morgan fingerprint density at radius 3 is 3.05 bits per heavy atom. The first-order valence-corrected chi connectivity index (χ1v) is 8.08. The molecule has 1 fully saturated rings. The van der Waals surface area contributed by atoms with E-state index in [0.29, 0.717) is 6.04 Å². The highest BCUT2D eigenvalue weighted by Gasteiger charge is 2.26. The van der Waals surface area contributed by atoms with Crippen LogP contribution in [0.3, 0.4) is 0 Å². The van der Waals surface area contributed by atoms with E-state index in [1.165, 1.54) is 10.4 Å². The molecule has 0 aliphatic carbocycles. The Hall–Kier alpha value is -1.43. The third-order valence-corrected chi connectivity index (χ3v) is 4.78. The van der Waals surface area contributed by atoms with Crippen molar-refractivity contribution in [1.29, 1.82) is 0 Å². The smallest absolute Gasteiger partial charge is 0.123 e. The van der Waals surface area contributed by atoms with Crippen LogP contribution in [0.15, 0.2) is 30.5 Å². The van der Waals surface area contributed by atoms with Crippen molar-refractivity contribution in [2.45, 2.75) is 19.5 Å². The highest BCUT2D eigenvalue weighted by Crippen LogP contribution is 2.31. The SMILES string of the molecule is COc1ccccc1C1CNCCN1Cc1cnc(C)s1. The van der Waals surface area contributed by atoms with Gasteiger partial charge in [-0.05, 0) is 13.0 Å². The summed E-state index contributed by atoms with van der Waals surface area (Å²) in [4.78, 5) is 8.21. The van der Waals surface area contributed by atoms with Gasteiger partial charge < -0.3 is 10.1 Å². The standard InChI is InChI=1S/C16H21N3OS/c1-12-18-9-13(21-12)11-19-8-7-17-10-15(19)14-5-3-4-6-16(14)20-2/h3-6,9,15,17H,7-8,10-11H2,1-2H3. The average molecular weight is 303 g/mol. The molecule has 1 unspecified atom stereocenters. The first-order chi connectivity index (χ1) is 10.3. The van der Waals surface area contributed by atoms with Crippen molar-refractivity contribution in [3.63, 3.8) is 0 Å². The van der Waals surface area contributed by atoms with Gasteiger partial charge in [0.15, 0.2) is 0 Å². The van der Waals surface area contributed by atoms with Crippen LogP contribution in [0, 0.1) is 6.92 Å². The van der Waals surface area contributed by atoms with Crippen molar-refractivity contribution in [3.05, 3.63) is 45.9 Å². The van der Waals surface area contributed by atoms with E-state index in [0.717, 1.165) is 36.9 Å². The van der Waals surface area contributed by atoms with E-state index in [1.807, 2.05) is 18.3 Å². The topological polar surface area (TPSA) is 37.4 Å². The maximum atomic E-state index is 5.54. The van der Waals surface area contributed by atoms with Gasteiger partial charge in [-0.3, -0.25) is 4.90 Å². The average Bonchev–Trinajstić information content (AvgIpc) is 2.93. The summed E-state index contributed by atoms with van der Waals surface area (Å²) in [5.74, 6) is 0.969. The van der Waals surface area contributed by atoms with Crippen molar-refractivity contribution in [2.75, 3.05) is 26.7 Å². The van der Waals surface area contributed by atoms with E-state index in [4.69, 9.17) is 4.74 Å². The molecule has 4 nitrogen and oxygen atoms in total. The lowest BCUT2D eigenvalue weighted by atomic mass is 10.0. The molecule has 2 heterocycles. The number of ether oxygens (including phenoxy) is 1. The molecule has 1 aromatic carbocycles. The second-order valence-electron chi connectivity index (χ2n) is 5.28. The molecular formula is C16H21N3OS. The van der Waals surface area contributed by atoms with E-state index in [9.17, 15) is 0 Å². The molecule has 2 aromatic rings. The maximum absolute atomic E-state index is 5.54. The molecule has 1 saturated heterocycles. The lowest BCUT2D eigenvalue weighted by molar-refractivity contribution is 0.152. The van der Waals surface area contributed by atoms with Crippen LogP contribution in [0.2, 0.25) is 0 Å². The number of benzene rings is 1. The lowest BCUT2D eigenvalue weighted by Crippen LogP contribution is -2.45. The zero-order valence-electron chi connectivity index (χ0n) is 12.5. The molecule has 0 amide bonds. The first-order valence-electron chi connectivity index (χ1n) is 7.27. The molecule has 0 bridgehead atoms. The Morgan fingerprint density at radius 1 is 1.43 bits per heavy atom. The van der Waals surface area contributed by atoms with Crippen LogP contribution in [-0.4, -0.2) is 36.6 Å². The number of nitrogens with zero attached hydrogens (tertiary/aromatic N) is 2. The van der Waals surface area contributed by atoms with Crippen molar-refractivity contribution < 1.29 is 4.74 Å². The number of piperazine rings is 1. The van der Waals surface area contributed by atoms with E-state index in [1.54, 1.807) is 18.4 Å². The molecule has 1 N–H and O–H groups in total. The zero-order chi connectivity index (χ0) is 14.7. The number of aromatic nitrogens is 1. The van der Waals surface area contributed by atoms with Crippen LogP contribution in [0.4, 0.5) is 0 Å². The fourth-order valence-electron chi connectivity index (χ4n) is 2.86. The number of hydrogen-bond acceptors (Lipinski definition) is 5. The van der Waals surface area contributed by atoms with Gasteiger partial charge in [0.05, 0.1) is 18.2 Å². The Balaban J connectivity index is 1.84. The number of nitrogens with one attached hydrogen (secondary N) is 1. The summed E-state index contributed by atoms with van der Waals surface area (Å²) < 4.78 is 5.54. The third kappa shape index (κ3) is 3.26. The summed E-state index contributed by atoms with van der Waals surface area (Å²) >= 11 is 1.78. The van der Waals surface area contributed by atoms with Crippen LogP contribution in [0.25, 0.3) is 0 Å². The Kier molecular flexibility index (Phi) is 4.53. The summed E-state index contributed by atoms with van der Waals surface area (Å²) in [6.07, 6.45) is 2.00. The molecule has 0 radical (unpaired) electrons. The van der Waals surface area contributed by atoms with Gasteiger partial charge in [-0.15, -0.1) is 11.3 Å². The molecular weight excluding hydrogens is 282 g/mol. The monoisotopic (exact) mass is 303 g/mol. The fourth-order valence-corrected chi connectivity index (χ4v) is 3.68. The molecule has 1 atom stereocenters. The van der Waals surface area contributed by atoms with Crippen molar-refractivity contribution in [2.24, 2.45) is 0 Å². The number of methoxy groups -OCH3 is 1. The Bertz CT molecular complexity index is 599. The van der Waals surface area contributed by atoms with Crippen molar-refractivity contribution in [1.82, 2.24) is 15.2 Å². The van der Waals surface area contributed by atoms with Gasteiger partial charge in [-0.1, -0.05) is 18.2 Å². The zero-order valence-corrected chi connectivity index (χ0v) is 13.3. The molecule has 0 spiro atoms. The predicted molar refractivity (Wildman–Crippen MR) is 85.9 cm³/mol. The first kappa shape index (κ1) is 14.5. The molecule has 0 saturated carbocycles. The largest absolute Gasteiger partial charge is 0.496 e. The van der Waals surface area contributed by atoms with E-state index < -0.39 is 0 Å². The lowest BCUT2D eigenvalue weighted by Gasteiger charge is -2.36. The van der Waals surface area contributed by atoms with Crippen LogP contribution >= 0.6 is 11.3 Å². The van der Waals surface area contributed by atoms with Crippen LogP contribution in [0.5, 0.6) is 5.75 Å². The number of hydrogen-bond donors (Lipinski definition) is 1. The summed E-state index contributed by atoms with van der Waals surface area (Å²) in [5, 5.41) is 4.63. The van der Waals surface area contributed by atoms with Gasteiger partial charge in [0, 0.05) is 42.8 Å². The summed E-state index contributed by atoms with van der Waals surface area (Å²) in [6, 6.07) is 8.66. The minimum absolute atomic E-state index is 0.345. The number of para-hydroxylation sites is 1. The molecule has 21 heavy (non-hydrogen) atoms. The minimum Gasteiger partial charge on any atom is -0.496 e. The van der Waals surface area contributed by atoms with Crippen molar-refractivity contribution in [3.8, 4) is 5.75 Å². The quantitative estimate of drug-likeness (QED) is 0.942. The van der Waals surface area contributed by atoms with Gasteiger partial charge in [-0.2, -0.15) is 0 Å². The second kappa shape index (κ2) is 6.56. The highest BCUT2D eigenvalue weighted by atomic mass is 32.1. The van der Waals surface area contributed by atoms with E-state index in [2.05, 4.69) is 34.3 Å². The van der Waals surface area contributed by atoms with Gasteiger partial charge in [-0.25, -0.2) is 4.98 Å². The van der Waals surface area contributed by atoms with Gasteiger partial charge in [0.25, 0.3) is 0 Å². The third-order valence-electron chi connectivity index (χ3n) is 3.88. The molecule has 3 rings (SSSR count). The molecule has 112 valence electrons. The van der Waals surface area contributed by atoms with Gasteiger partial charge >= 0.3 is 0 Å². The number of thiazole rings is 1. The number of rotatable bonds is 4. The molecule has 1 aliphatic rings. The molecule has 5 heteroatoms. The van der Waals surface area contributed by atoms with Gasteiger partial charge in [0.1, 0.15) is 5.75 Å². The molecule has 1 aromatic heterocycles. The molecule has 1 aliphatic heterocycles. The normalized spacial score (nSPS) is 19.6. The number of aryl methyl sites for hydroxylation is 1. The summed E-state index contributed by atoms with van der Waals surface area (Å²) in [7, 11) is 1.74. The fraction of sp³-hybridized carbons (Fsp3) is 0.438. The Labute approximate surface area is 129 Å².